The number of aromatic nitrogens is 1. The first kappa shape index (κ1) is 19.7. The number of rotatable bonds is 8. The van der Waals surface area contributed by atoms with Crippen LogP contribution >= 0.6 is 0 Å². The van der Waals surface area contributed by atoms with Crippen LogP contribution in [0.5, 0.6) is 11.5 Å². The summed E-state index contributed by atoms with van der Waals surface area (Å²) < 4.78 is 24.1. The molecule has 0 unspecified atom stereocenters. The Morgan fingerprint density at radius 2 is 1.86 bits per heavy atom. The second-order valence-electron chi connectivity index (χ2n) is 6.71. The van der Waals surface area contributed by atoms with Crippen molar-refractivity contribution in [3.63, 3.8) is 0 Å². The average molecular weight is 384 g/mol. The van der Waals surface area contributed by atoms with Crippen molar-refractivity contribution in [3.05, 3.63) is 59.0 Å². The van der Waals surface area contributed by atoms with Crippen molar-refractivity contribution in [1.29, 1.82) is 0 Å². The van der Waals surface area contributed by atoms with Gasteiger partial charge in [0.2, 0.25) is 5.91 Å². The van der Waals surface area contributed by atoms with E-state index in [0.717, 1.165) is 27.7 Å². The van der Waals surface area contributed by atoms with E-state index in [-0.39, 0.29) is 11.7 Å². The minimum absolute atomic E-state index is 0.0153. The number of methoxy groups -OCH3 is 2. The van der Waals surface area contributed by atoms with Crippen molar-refractivity contribution in [2.45, 2.75) is 26.2 Å². The number of carbonyl (C=O) groups excluding carboxylic acids is 1. The van der Waals surface area contributed by atoms with Gasteiger partial charge in [0.05, 0.1) is 14.2 Å². The van der Waals surface area contributed by atoms with Crippen molar-refractivity contribution >= 4 is 16.8 Å². The van der Waals surface area contributed by atoms with Crippen LogP contribution in [0.4, 0.5) is 4.39 Å². The highest BCUT2D eigenvalue weighted by molar-refractivity contribution is 5.84. The Bertz CT molecular complexity index is 981. The van der Waals surface area contributed by atoms with Crippen molar-refractivity contribution in [1.82, 2.24) is 10.3 Å². The molecule has 0 aliphatic heterocycles. The summed E-state index contributed by atoms with van der Waals surface area (Å²) in [6.45, 7) is 2.47. The molecule has 3 rings (SSSR count). The Hall–Kier alpha value is -3.02. The van der Waals surface area contributed by atoms with Crippen LogP contribution in [0.3, 0.4) is 0 Å². The fourth-order valence-electron chi connectivity index (χ4n) is 3.39. The van der Waals surface area contributed by atoms with Gasteiger partial charge in [0.25, 0.3) is 0 Å². The number of benzene rings is 2. The molecule has 0 radical (unpaired) electrons. The lowest BCUT2D eigenvalue weighted by Gasteiger charge is -2.10. The smallest absolute Gasteiger partial charge is 0.220 e. The van der Waals surface area contributed by atoms with Gasteiger partial charge in [-0.15, -0.1) is 0 Å². The minimum atomic E-state index is -0.258. The molecule has 1 amide bonds. The third kappa shape index (κ3) is 4.44. The Labute approximate surface area is 163 Å². The molecular weight excluding hydrogens is 359 g/mol. The van der Waals surface area contributed by atoms with Crippen molar-refractivity contribution in [2.75, 3.05) is 20.8 Å². The molecule has 0 bridgehead atoms. The summed E-state index contributed by atoms with van der Waals surface area (Å²) in [5.74, 6) is 1.05. The largest absolute Gasteiger partial charge is 0.493 e. The van der Waals surface area contributed by atoms with Gasteiger partial charge in [0.15, 0.2) is 11.5 Å². The second kappa shape index (κ2) is 8.78. The van der Waals surface area contributed by atoms with E-state index in [1.54, 1.807) is 20.3 Å². The first-order chi connectivity index (χ1) is 13.5. The molecule has 2 N–H and O–H groups in total. The maximum Gasteiger partial charge on any atom is 0.220 e. The maximum atomic E-state index is 13.5. The number of aromatic amines is 1. The number of fused-ring (bicyclic) bond motifs is 1. The van der Waals surface area contributed by atoms with Gasteiger partial charge in [-0.3, -0.25) is 4.79 Å². The van der Waals surface area contributed by atoms with E-state index in [0.29, 0.717) is 37.3 Å². The standard InChI is InChI=1S/C22H25FN2O3/c1-14-17(18-13-16(23)6-7-19(18)25-14)10-11-24-22(26)9-5-15-4-8-20(27-2)21(12-15)28-3/h4,6-8,12-13,25H,5,9-11H2,1-3H3,(H,24,26). The van der Waals surface area contributed by atoms with E-state index in [1.807, 2.05) is 25.1 Å². The zero-order chi connectivity index (χ0) is 20.1. The summed E-state index contributed by atoms with van der Waals surface area (Å²) in [6, 6.07) is 10.4. The van der Waals surface area contributed by atoms with Crippen LogP contribution in [0, 0.1) is 12.7 Å². The highest BCUT2D eigenvalue weighted by Crippen LogP contribution is 2.28. The normalized spacial score (nSPS) is 10.9. The highest BCUT2D eigenvalue weighted by atomic mass is 19.1. The number of hydrogen-bond donors (Lipinski definition) is 2. The van der Waals surface area contributed by atoms with Crippen molar-refractivity contribution in [2.24, 2.45) is 0 Å². The average Bonchev–Trinajstić information content (AvgIpc) is 3.00. The molecule has 0 spiro atoms. The monoisotopic (exact) mass is 384 g/mol. The molecule has 0 aliphatic carbocycles. The van der Waals surface area contributed by atoms with Crippen LogP contribution in [0.1, 0.15) is 23.2 Å². The SMILES string of the molecule is COc1ccc(CCC(=O)NCCc2c(C)[nH]c3ccc(F)cc23)cc1OC. The van der Waals surface area contributed by atoms with Gasteiger partial charge in [0.1, 0.15) is 5.82 Å². The number of hydrogen-bond acceptors (Lipinski definition) is 3. The zero-order valence-corrected chi connectivity index (χ0v) is 16.4. The molecule has 0 saturated heterocycles. The number of amides is 1. The molecule has 2 aromatic carbocycles. The van der Waals surface area contributed by atoms with Gasteiger partial charge in [0, 0.05) is 29.6 Å². The van der Waals surface area contributed by atoms with E-state index in [4.69, 9.17) is 9.47 Å². The molecule has 1 heterocycles. The molecule has 3 aromatic rings. The number of ether oxygens (including phenoxy) is 2. The van der Waals surface area contributed by atoms with Crippen LogP contribution in [-0.2, 0) is 17.6 Å². The highest BCUT2D eigenvalue weighted by Gasteiger charge is 2.11. The van der Waals surface area contributed by atoms with Crippen LogP contribution < -0.4 is 14.8 Å². The molecule has 5 nitrogen and oxygen atoms in total. The van der Waals surface area contributed by atoms with Crippen molar-refractivity contribution in [3.8, 4) is 11.5 Å². The fraction of sp³-hybridized carbons (Fsp3) is 0.318. The van der Waals surface area contributed by atoms with E-state index in [1.165, 1.54) is 12.1 Å². The molecule has 28 heavy (non-hydrogen) atoms. The number of halogens is 1. The van der Waals surface area contributed by atoms with Gasteiger partial charge in [-0.1, -0.05) is 6.07 Å². The number of aryl methyl sites for hydroxylation is 2. The summed E-state index contributed by atoms with van der Waals surface area (Å²) in [5.41, 5.74) is 3.96. The quantitative estimate of drug-likeness (QED) is 0.619. The van der Waals surface area contributed by atoms with E-state index in [9.17, 15) is 9.18 Å². The predicted octanol–water partition coefficient (Wildman–Crippen LogP) is 3.92. The summed E-state index contributed by atoms with van der Waals surface area (Å²) in [6.07, 6.45) is 1.65. The maximum absolute atomic E-state index is 13.5. The lowest BCUT2D eigenvalue weighted by molar-refractivity contribution is -0.121. The molecule has 0 atom stereocenters. The lowest BCUT2D eigenvalue weighted by atomic mass is 10.1. The van der Waals surface area contributed by atoms with Crippen LogP contribution in [-0.4, -0.2) is 31.7 Å². The fourth-order valence-corrected chi connectivity index (χ4v) is 3.39. The summed E-state index contributed by atoms with van der Waals surface area (Å²) in [5, 5.41) is 3.82. The Morgan fingerprint density at radius 3 is 2.61 bits per heavy atom. The predicted molar refractivity (Wildman–Crippen MR) is 108 cm³/mol. The second-order valence-corrected chi connectivity index (χ2v) is 6.71. The number of nitrogens with one attached hydrogen (secondary N) is 2. The molecule has 148 valence electrons. The zero-order valence-electron chi connectivity index (χ0n) is 16.4. The molecule has 0 saturated carbocycles. The number of H-pyrrole nitrogens is 1. The van der Waals surface area contributed by atoms with Gasteiger partial charge in [-0.25, -0.2) is 4.39 Å². The first-order valence-corrected chi connectivity index (χ1v) is 9.26. The summed E-state index contributed by atoms with van der Waals surface area (Å²) in [7, 11) is 3.18. The van der Waals surface area contributed by atoms with E-state index >= 15 is 0 Å². The third-order valence-electron chi connectivity index (χ3n) is 4.87. The number of carbonyl (C=O) groups is 1. The first-order valence-electron chi connectivity index (χ1n) is 9.26. The van der Waals surface area contributed by atoms with Gasteiger partial charge < -0.3 is 19.8 Å². The summed E-state index contributed by atoms with van der Waals surface area (Å²) >= 11 is 0. The van der Waals surface area contributed by atoms with E-state index in [2.05, 4.69) is 10.3 Å². The Morgan fingerprint density at radius 1 is 1.07 bits per heavy atom. The summed E-state index contributed by atoms with van der Waals surface area (Å²) in [4.78, 5) is 15.4. The van der Waals surface area contributed by atoms with Crippen LogP contribution in [0.2, 0.25) is 0 Å². The topological polar surface area (TPSA) is 63.3 Å². The molecule has 0 aliphatic rings. The van der Waals surface area contributed by atoms with Gasteiger partial charge >= 0.3 is 0 Å². The third-order valence-corrected chi connectivity index (χ3v) is 4.87. The van der Waals surface area contributed by atoms with Crippen LogP contribution in [0.25, 0.3) is 10.9 Å². The Balaban J connectivity index is 1.53. The van der Waals surface area contributed by atoms with Crippen molar-refractivity contribution < 1.29 is 18.7 Å². The van der Waals surface area contributed by atoms with Crippen LogP contribution in [0.15, 0.2) is 36.4 Å². The lowest BCUT2D eigenvalue weighted by Crippen LogP contribution is -2.26. The molecular formula is C22H25FN2O3. The van der Waals surface area contributed by atoms with Gasteiger partial charge in [-0.05, 0) is 61.2 Å². The van der Waals surface area contributed by atoms with Gasteiger partial charge in [-0.2, -0.15) is 0 Å². The Kier molecular flexibility index (Phi) is 6.19. The molecule has 1 aromatic heterocycles. The van der Waals surface area contributed by atoms with E-state index < -0.39 is 0 Å². The molecule has 0 fully saturated rings. The molecule has 6 heteroatoms. The minimum Gasteiger partial charge on any atom is -0.493 e.